The van der Waals surface area contributed by atoms with Crippen LogP contribution in [0.4, 0.5) is 0 Å². The Kier molecular flexibility index (Phi) is 2.38. The first-order valence-corrected chi connectivity index (χ1v) is 6.74. The molecule has 94 valence electrons. The van der Waals surface area contributed by atoms with Crippen LogP contribution in [0.15, 0.2) is 24.5 Å². The first kappa shape index (κ1) is 10.5. The summed E-state index contributed by atoms with van der Waals surface area (Å²) < 4.78 is 0. The fourth-order valence-corrected chi connectivity index (χ4v) is 3.47. The molecule has 2 N–H and O–H groups in total. The SMILES string of the molecule is c1cnc2[nH]cc(CN3C[C@H]4CNC[C@H]4C3)c2c1. The molecule has 4 rings (SSSR count). The number of hydrogen-bond donors (Lipinski definition) is 2. The third-order valence-electron chi connectivity index (χ3n) is 4.40. The Morgan fingerprint density at radius 3 is 2.94 bits per heavy atom. The second kappa shape index (κ2) is 4.07. The highest BCUT2D eigenvalue weighted by molar-refractivity contribution is 5.79. The van der Waals surface area contributed by atoms with Gasteiger partial charge >= 0.3 is 0 Å². The van der Waals surface area contributed by atoms with Crippen LogP contribution in [0.25, 0.3) is 11.0 Å². The Balaban J connectivity index is 1.55. The molecule has 2 aliphatic rings. The molecular weight excluding hydrogens is 224 g/mol. The van der Waals surface area contributed by atoms with E-state index in [4.69, 9.17) is 0 Å². The Morgan fingerprint density at radius 2 is 2.11 bits per heavy atom. The zero-order valence-corrected chi connectivity index (χ0v) is 10.4. The smallest absolute Gasteiger partial charge is 0.137 e. The average molecular weight is 242 g/mol. The van der Waals surface area contributed by atoms with Gasteiger partial charge in [0.15, 0.2) is 0 Å². The molecule has 0 amide bonds. The van der Waals surface area contributed by atoms with Crippen molar-refractivity contribution in [1.82, 2.24) is 20.2 Å². The highest BCUT2D eigenvalue weighted by Crippen LogP contribution is 2.28. The van der Waals surface area contributed by atoms with Crippen molar-refractivity contribution in [2.75, 3.05) is 26.2 Å². The van der Waals surface area contributed by atoms with E-state index in [-0.39, 0.29) is 0 Å². The van der Waals surface area contributed by atoms with Gasteiger partial charge in [0.2, 0.25) is 0 Å². The summed E-state index contributed by atoms with van der Waals surface area (Å²) in [5.74, 6) is 1.74. The number of hydrogen-bond acceptors (Lipinski definition) is 3. The predicted octanol–water partition coefficient (Wildman–Crippen LogP) is 1.21. The van der Waals surface area contributed by atoms with Crippen molar-refractivity contribution in [3.63, 3.8) is 0 Å². The maximum Gasteiger partial charge on any atom is 0.137 e. The monoisotopic (exact) mass is 242 g/mol. The first-order chi connectivity index (χ1) is 8.90. The van der Waals surface area contributed by atoms with Crippen molar-refractivity contribution in [2.24, 2.45) is 11.8 Å². The van der Waals surface area contributed by atoms with Crippen LogP contribution in [0.1, 0.15) is 5.56 Å². The van der Waals surface area contributed by atoms with Gasteiger partial charge in [-0.2, -0.15) is 0 Å². The molecule has 0 bridgehead atoms. The lowest BCUT2D eigenvalue weighted by atomic mass is 10.0. The summed E-state index contributed by atoms with van der Waals surface area (Å²) in [6.07, 6.45) is 3.96. The summed E-state index contributed by atoms with van der Waals surface area (Å²) in [5.41, 5.74) is 2.39. The van der Waals surface area contributed by atoms with Crippen LogP contribution in [0.5, 0.6) is 0 Å². The van der Waals surface area contributed by atoms with Gasteiger partial charge in [0, 0.05) is 37.4 Å². The molecule has 0 aromatic carbocycles. The number of likely N-dealkylation sites (tertiary alicyclic amines) is 1. The van der Waals surface area contributed by atoms with Gasteiger partial charge in [0.25, 0.3) is 0 Å². The zero-order valence-electron chi connectivity index (χ0n) is 10.4. The van der Waals surface area contributed by atoms with E-state index in [1.165, 1.54) is 37.1 Å². The maximum absolute atomic E-state index is 4.35. The molecule has 4 nitrogen and oxygen atoms in total. The largest absolute Gasteiger partial charge is 0.346 e. The molecule has 2 fully saturated rings. The fraction of sp³-hybridized carbons (Fsp3) is 0.500. The van der Waals surface area contributed by atoms with E-state index in [1.807, 2.05) is 12.3 Å². The predicted molar refractivity (Wildman–Crippen MR) is 71.2 cm³/mol. The minimum atomic E-state index is 0.869. The summed E-state index contributed by atoms with van der Waals surface area (Å²) in [7, 11) is 0. The molecule has 2 aromatic heterocycles. The molecule has 4 heteroatoms. The van der Waals surface area contributed by atoms with Gasteiger partial charge in [-0.25, -0.2) is 4.98 Å². The number of H-pyrrole nitrogens is 1. The number of aromatic nitrogens is 2. The van der Waals surface area contributed by atoms with Gasteiger partial charge in [0.1, 0.15) is 5.65 Å². The third kappa shape index (κ3) is 1.64. The van der Waals surface area contributed by atoms with Crippen LogP contribution in [-0.2, 0) is 6.54 Å². The summed E-state index contributed by atoms with van der Waals surface area (Å²) in [5, 5.41) is 4.76. The molecule has 0 unspecified atom stereocenters. The molecule has 18 heavy (non-hydrogen) atoms. The molecular formula is C14H18N4. The van der Waals surface area contributed by atoms with E-state index in [2.05, 4.69) is 32.4 Å². The van der Waals surface area contributed by atoms with E-state index in [0.717, 1.165) is 24.0 Å². The summed E-state index contributed by atoms with van der Waals surface area (Å²) in [4.78, 5) is 10.2. The maximum atomic E-state index is 4.35. The Labute approximate surface area is 106 Å². The Morgan fingerprint density at radius 1 is 1.28 bits per heavy atom. The highest BCUT2D eigenvalue weighted by Gasteiger charge is 2.35. The molecule has 0 saturated carbocycles. The van der Waals surface area contributed by atoms with Crippen LogP contribution in [-0.4, -0.2) is 41.0 Å². The molecule has 2 aromatic rings. The lowest BCUT2D eigenvalue weighted by molar-refractivity contribution is 0.307. The van der Waals surface area contributed by atoms with Gasteiger partial charge < -0.3 is 10.3 Å². The van der Waals surface area contributed by atoms with Crippen molar-refractivity contribution in [2.45, 2.75) is 6.54 Å². The van der Waals surface area contributed by atoms with Gasteiger partial charge in [-0.1, -0.05) is 0 Å². The quantitative estimate of drug-likeness (QED) is 0.832. The lowest BCUT2D eigenvalue weighted by Gasteiger charge is -2.16. The zero-order chi connectivity index (χ0) is 11.9. The van der Waals surface area contributed by atoms with Crippen molar-refractivity contribution < 1.29 is 0 Å². The number of fused-ring (bicyclic) bond motifs is 2. The fourth-order valence-electron chi connectivity index (χ4n) is 3.47. The minimum absolute atomic E-state index is 0.869. The normalized spacial score (nSPS) is 28.0. The van der Waals surface area contributed by atoms with E-state index < -0.39 is 0 Å². The second-order valence-electron chi connectivity index (χ2n) is 5.59. The highest BCUT2D eigenvalue weighted by atomic mass is 15.2. The number of pyridine rings is 1. The van der Waals surface area contributed by atoms with E-state index >= 15 is 0 Å². The van der Waals surface area contributed by atoms with E-state index in [1.54, 1.807) is 0 Å². The second-order valence-corrected chi connectivity index (χ2v) is 5.59. The van der Waals surface area contributed by atoms with Crippen LogP contribution < -0.4 is 5.32 Å². The molecule has 4 heterocycles. The average Bonchev–Trinajstić information content (AvgIpc) is 3.04. The van der Waals surface area contributed by atoms with Gasteiger partial charge in [-0.05, 0) is 42.6 Å². The van der Waals surface area contributed by atoms with Gasteiger partial charge in [-0.3, -0.25) is 4.90 Å². The van der Waals surface area contributed by atoms with Gasteiger partial charge in [0.05, 0.1) is 0 Å². The summed E-state index contributed by atoms with van der Waals surface area (Å²) >= 11 is 0. The molecule has 2 saturated heterocycles. The number of nitrogens with one attached hydrogen (secondary N) is 2. The van der Waals surface area contributed by atoms with Crippen molar-refractivity contribution in [3.8, 4) is 0 Å². The lowest BCUT2D eigenvalue weighted by Crippen LogP contribution is -2.25. The number of aromatic amines is 1. The Hall–Kier alpha value is -1.39. The number of nitrogens with zero attached hydrogens (tertiary/aromatic N) is 2. The van der Waals surface area contributed by atoms with Crippen LogP contribution >= 0.6 is 0 Å². The molecule has 2 aliphatic heterocycles. The minimum Gasteiger partial charge on any atom is -0.346 e. The molecule has 2 atom stereocenters. The Bertz CT molecular complexity index is 550. The summed E-state index contributed by atoms with van der Waals surface area (Å²) in [6.45, 7) is 5.95. The molecule has 0 radical (unpaired) electrons. The summed E-state index contributed by atoms with van der Waals surface area (Å²) in [6, 6.07) is 4.18. The third-order valence-corrected chi connectivity index (χ3v) is 4.40. The van der Waals surface area contributed by atoms with E-state index in [0.29, 0.717) is 0 Å². The first-order valence-electron chi connectivity index (χ1n) is 6.74. The molecule has 0 spiro atoms. The van der Waals surface area contributed by atoms with Gasteiger partial charge in [-0.15, -0.1) is 0 Å². The standard InChI is InChI=1S/C14H18N4/c1-2-13-12(6-17-14(13)16-3-1)9-18-7-10-4-15-5-11(10)8-18/h1-3,6,10-11,15H,4-5,7-9H2,(H,16,17)/t10-,11+. The van der Waals surface area contributed by atoms with Crippen LogP contribution in [0, 0.1) is 11.8 Å². The van der Waals surface area contributed by atoms with Crippen LogP contribution in [0.3, 0.4) is 0 Å². The topological polar surface area (TPSA) is 44.0 Å². The number of rotatable bonds is 2. The van der Waals surface area contributed by atoms with Crippen LogP contribution in [0.2, 0.25) is 0 Å². The molecule has 0 aliphatic carbocycles. The van der Waals surface area contributed by atoms with E-state index in [9.17, 15) is 0 Å². The van der Waals surface area contributed by atoms with Crippen molar-refractivity contribution in [1.29, 1.82) is 0 Å². The van der Waals surface area contributed by atoms with Crippen molar-refractivity contribution in [3.05, 3.63) is 30.1 Å². The van der Waals surface area contributed by atoms with Crippen molar-refractivity contribution >= 4 is 11.0 Å².